The van der Waals surface area contributed by atoms with Crippen molar-refractivity contribution in [1.82, 2.24) is 10.2 Å². The molecule has 1 aliphatic rings. The van der Waals surface area contributed by atoms with Crippen molar-refractivity contribution in [2.75, 3.05) is 25.0 Å². The van der Waals surface area contributed by atoms with E-state index in [1.165, 1.54) is 6.92 Å². The van der Waals surface area contributed by atoms with Crippen LogP contribution in [0.5, 0.6) is 0 Å². The number of nitrogens with zero attached hydrogens (tertiary/aromatic N) is 1. The van der Waals surface area contributed by atoms with Crippen LogP contribution in [0.3, 0.4) is 0 Å². The number of carbonyl (C=O) groups excluding carboxylic acids is 3. The fourth-order valence-electron chi connectivity index (χ4n) is 2.84. The number of Topliss-reactive ketones (excluding diaryl/α,β-unsaturated/α-hetero) is 1. The largest absolute Gasteiger partial charge is 0.345 e. The molecule has 0 atom stereocenters. The second kappa shape index (κ2) is 8.59. The third-order valence-corrected chi connectivity index (χ3v) is 4.22. The molecule has 1 heterocycles. The van der Waals surface area contributed by atoms with Gasteiger partial charge < -0.3 is 15.5 Å². The van der Waals surface area contributed by atoms with E-state index in [1.807, 2.05) is 0 Å². The van der Waals surface area contributed by atoms with Crippen LogP contribution >= 0.6 is 0 Å². The molecule has 6 nitrogen and oxygen atoms in total. The Bertz CT molecular complexity index is 590. The molecule has 1 aromatic rings. The highest BCUT2D eigenvalue weighted by Crippen LogP contribution is 2.12. The highest BCUT2D eigenvalue weighted by atomic mass is 16.2. The zero-order valence-electron chi connectivity index (χ0n) is 14.3. The minimum atomic E-state index is -0.679. The van der Waals surface area contributed by atoms with Crippen LogP contribution in [0.2, 0.25) is 0 Å². The van der Waals surface area contributed by atoms with Crippen LogP contribution in [-0.2, 0) is 9.59 Å². The number of amides is 2. The first kappa shape index (κ1) is 18.1. The van der Waals surface area contributed by atoms with Gasteiger partial charge >= 0.3 is 11.8 Å². The summed E-state index contributed by atoms with van der Waals surface area (Å²) in [5.41, 5.74) is 1.06. The van der Waals surface area contributed by atoms with E-state index < -0.39 is 11.8 Å². The summed E-state index contributed by atoms with van der Waals surface area (Å²) in [5.74, 6) is -1.33. The Morgan fingerprint density at radius 3 is 2.25 bits per heavy atom. The number of piperidine rings is 1. The van der Waals surface area contributed by atoms with E-state index in [-0.39, 0.29) is 11.8 Å². The van der Waals surface area contributed by atoms with Crippen LogP contribution < -0.4 is 10.6 Å². The van der Waals surface area contributed by atoms with Crippen LogP contribution in [0.1, 0.15) is 43.5 Å². The van der Waals surface area contributed by atoms with Crippen molar-refractivity contribution in [3.8, 4) is 0 Å². The summed E-state index contributed by atoms with van der Waals surface area (Å²) in [6.45, 7) is 6.62. The molecule has 2 N–H and O–H groups in total. The maximum Gasteiger partial charge on any atom is 0.313 e. The zero-order valence-corrected chi connectivity index (χ0v) is 14.3. The lowest BCUT2D eigenvalue weighted by atomic mass is 10.0. The molecular formula is C18H25N3O3. The van der Waals surface area contributed by atoms with Gasteiger partial charge in [-0.15, -0.1) is 0 Å². The lowest BCUT2D eigenvalue weighted by molar-refractivity contribution is -0.136. The van der Waals surface area contributed by atoms with E-state index in [1.54, 1.807) is 24.3 Å². The number of carbonyl (C=O) groups is 3. The first-order valence-electron chi connectivity index (χ1n) is 8.44. The van der Waals surface area contributed by atoms with E-state index in [0.717, 1.165) is 38.9 Å². The molecule has 6 heteroatoms. The molecule has 1 aromatic carbocycles. The van der Waals surface area contributed by atoms with Crippen LogP contribution in [0.15, 0.2) is 24.3 Å². The van der Waals surface area contributed by atoms with Crippen molar-refractivity contribution in [1.29, 1.82) is 0 Å². The lowest BCUT2D eigenvalue weighted by Crippen LogP contribution is -2.47. The number of rotatable bonds is 5. The van der Waals surface area contributed by atoms with Gasteiger partial charge in [-0.3, -0.25) is 14.4 Å². The summed E-state index contributed by atoms with van der Waals surface area (Å²) in [5, 5.41) is 5.35. The van der Waals surface area contributed by atoms with Gasteiger partial charge in [0.25, 0.3) is 0 Å². The second-order valence-electron chi connectivity index (χ2n) is 6.18. The molecule has 2 amide bonds. The molecule has 0 aromatic heterocycles. The molecule has 130 valence electrons. The molecule has 0 unspecified atom stereocenters. The Morgan fingerprint density at radius 1 is 1.08 bits per heavy atom. The maximum absolute atomic E-state index is 12.0. The van der Waals surface area contributed by atoms with Crippen molar-refractivity contribution >= 4 is 23.3 Å². The van der Waals surface area contributed by atoms with Gasteiger partial charge in [-0.1, -0.05) is 6.92 Å². The third kappa shape index (κ3) is 5.16. The second-order valence-corrected chi connectivity index (χ2v) is 6.18. The number of anilines is 1. The van der Waals surface area contributed by atoms with Crippen molar-refractivity contribution in [3.05, 3.63) is 29.8 Å². The van der Waals surface area contributed by atoms with Gasteiger partial charge in [-0.25, -0.2) is 0 Å². The van der Waals surface area contributed by atoms with Gasteiger partial charge in [0.2, 0.25) is 0 Å². The summed E-state index contributed by atoms with van der Waals surface area (Å²) in [6.07, 6.45) is 2.86. The Hall–Kier alpha value is -2.21. The topological polar surface area (TPSA) is 78.5 Å². The molecule has 1 aliphatic heterocycles. The normalized spacial score (nSPS) is 15.8. The summed E-state index contributed by atoms with van der Waals surface area (Å²) in [4.78, 5) is 37.6. The van der Waals surface area contributed by atoms with E-state index in [4.69, 9.17) is 0 Å². The Morgan fingerprint density at radius 2 is 1.71 bits per heavy atom. The van der Waals surface area contributed by atoms with E-state index in [9.17, 15) is 14.4 Å². The smallest absolute Gasteiger partial charge is 0.313 e. The maximum atomic E-state index is 12.0. The summed E-state index contributed by atoms with van der Waals surface area (Å²) in [6, 6.07) is 6.53. The van der Waals surface area contributed by atoms with Crippen molar-refractivity contribution in [2.45, 2.75) is 39.2 Å². The lowest BCUT2D eigenvalue weighted by Gasteiger charge is -2.31. The fourth-order valence-corrected chi connectivity index (χ4v) is 2.84. The first-order chi connectivity index (χ1) is 11.5. The number of nitrogens with one attached hydrogen (secondary N) is 2. The predicted molar refractivity (Wildman–Crippen MR) is 93.0 cm³/mol. The van der Waals surface area contributed by atoms with E-state index >= 15 is 0 Å². The summed E-state index contributed by atoms with van der Waals surface area (Å²) in [7, 11) is 0. The molecular weight excluding hydrogens is 306 g/mol. The molecule has 0 bridgehead atoms. The van der Waals surface area contributed by atoms with Gasteiger partial charge in [0.05, 0.1) is 0 Å². The molecule has 24 heavy (non-hydrogen) atoms. The number of hydrogen-bond donors (Lipinski definition) is 2. The molecule has 1 fully saturated rings. The predicted octanol–water partition coefficient (Wildman–Crippen LogP) is 1.82. The molecule has 0 aliphatic carbocycles. The van der Waals surface area contributed by atoms with Crippen molar-refractivity contribution < 1.29 is 14.4 Å². The molecule has 0 saturated carbocycles. The average molecular weight is 331 g/mol. The van der Waals surface area contributed by atoms with Crippen molar-refractivity contribution in [3.63, 3.8) is 0 Å². The molecule has 2 rings (SSSR count). The molecule has 0 spiro atoms. The number of ketones is 1. The van der Waals surface area contributed by atoms with E-state index in [0.29, 0.717) is 11.3 Å². The van der Waals surface area contributed by atoms with Gasteiger partial charge in [0.1, 0.15) is 0 Å². The highest BCUT2D eigenvalue weighted by molar-refractivity contribution is 6.39. The van der Waals surface area contributed by atoms with Crippen molar-refractivity contribution in [2.24, 2.45) is 0 Å². The molecule has 1 saturated heterocycles. The van der Waals surface area contributed by atoms with Gasteiger partial charge in [0, 0.05) is 30.4 Å². The first-order valence-corrected chi connectivity index (χ1v) is 8.44. The number of benzene rings is 1. The summed E-state index contributed by atoms with van der Waals surface area (Å²) < 4.78 is 0. The number of likely N-dealkylation sites (tertiary alicyclic amines) is 1. The van der Waals surface area contributed by atoms with E-state index in [2.05, 4.69) is 22.5 Å². The third-order valence-electron chi connectivity index (χ3n) is 4.22. The van der Waals surface area contributed by atoms with Crippen LogP contribution in [0.4, 0.5) is 5.69 Å². The minimum Gasteiger partial charge on any atom is -0.345 e. The van der Waals surface area contributed by atoms with Crippen LogP contribution in [0, 0.1) is 0 Å². The number of hydrogen-bond acceptors (Lipinski definition) is 4. The minimum absolute atomic E-state index is 0.0416. The highest BCUT2D eigenvalue weighted by Gasteiger charge is 2.23. The Balaban J connectivity index is 1.80. The van der Waals surface area contributed by atoms with Gasteiger partial charge in [-0.05, 0) is 57.0 Å². The van der Waals surface area contributed by atoms with Crippen LogP contribution in [0.25, 0.3) is 0 Å². The average Bonchev–Trinajstić information content (AvgIpc) is 2.57. The quantitative estimate of drug-likeness (QED) is 0.637. The fraction of sp³-hybridized carbons (Fsp3) is 0.500. The zero-order chi connectivity index (χ0) is 17.5. The Kier molecular flexibility index (Phi) is 6.49. The SMILES string of the molecule is CCCN1CCC(NC(=O)C(=O)Nc2ccc(C(C)=O)cc2)CC1. The van der Waals surface area contributed by atoms with Crippen LogP contribution in [-0.4, -0.2) is 48.2 Å². The monoisotopic (exact) mass is 331 g/mol. The van der Waals surface area contributed by atoms with Gasteiger partial charge in [0.15, 0.2) is 5.78 Å². The Labute approximate surface area is 142 Å². The molecule has 0 radical (unpaired) electrons. The standard InChI is InChI=1S/C18H25N3O3/c1-3-10-21-11-8-16(9-12-21)20-18(24)17(23)19-15-6-4-14(5-7-15)13(2)22/h4-7,16H,3,8-12H2,1-2H3,(H,19,23)(H,20,24). The summed E-state index contributed by atoms with van der Waals surface area (Å²) >= 11 is 0. The van der Waals surface area contributed by atoms with Gasteiger partial charge in [-0.2, -0.15) is 0 Å².